The molecule has 0 aliphatic rings. The second-order valence-electron chi connectivity index (χ2n) is 4.18. The predicted octanol–water partition coefficient (Wildman–Crippen LogP) is 3.04. The van der Waals surface area contributed by atoms with Crippen LogP contribution < -0.4 is 5.73 Å². The smallest absolute Gasteiger partial charge is 0.0178 e. The summed E-state index contributed by atoms with van der Waals surface area (Å²) < 4.78 is 0. The Balaban J connectivity index is 2.11. The molecule has 0 aromatic heterocycles. The van der Waals surface area contributed by atoms with Crippen molar-refractivity contribution < 1.29 is 0 Å². The summed E-state index contributed by atoms with van der Waals surface area (Å²) in [5.74, 6) is 0. The van der Waals surface area contributed by atoms with E-state index in [2.05, 4.69) is 55.5 Å². The molecule has 82 valence electrons. The lowest BCUT2D eigenvalue weighted by atomic mass is 10.0. The number of hydrogen-bond acceptors (Lipinski definition) is 1. The third-order valence-electron chi connectivity index (χ3n) is 2.79. The Labute approximate surface area is 96.9 Å². The Morgan fingerprint density at radius 3 is 1.69 bits per heavy atom. The number of hydrogen-bond donors (Lipinski definition) is 1. The highest BCUT2D eigenvalue weighted by molar-refractivity contribution is 5.30. The molecule has 16 heavy (non-hydrogen) atoms. The molecule has 0 spiro atoms. The topological polar surface area (TPSA) is 26.0 Å². The summed E-state index contributed by atoms with van der Waals surface area (Å²) in [5.41, 5.74) is 10.8. The third kappa shape index (κ3) is 2.71. The Morgan fingerprint density at radius 1 is 0.750 bits per heavy atom. The van der Waals surface area contributed by atoms with Gasteiger partial charge >= 0.3 is 0 Å². The first kappa shape index (κ1) is 10.9. The fourth-order valence-corrected chi connectivity index (χ4v) is 1.73. The van der Waals surface area contributed by atoms with Crippen LogP contribution in [0.1, 0.15) is 22.3 Å². The van der Waals surface area contributed by atoms with Crippen LogP contribution in [0.25, 0.3) is 0 Å². The van der Waals surface area contributed by atoms with E-state index in [0.29, 0.717) is 6.54 Å². The molecule has 2 aromatic carbocycles. The summed E-state index contributed by atoms with van der Waals surface area (Å²) in [7, 11) is 0. The maximum atomic E-state index is 5.57. The minimum atomic E-state index is 0.616. The van der Waals surface area contributed by atoms with Crippen molar-refractivity contribution in [2.75, 3.05) is 0 Å². The molecule has 0 heterocycles. The van der Waals surface area contributed by atoms with Crippen LogP contribution in [0.15, 0.2) is 48.5 Å². The van der Waals surface area contributed by atoms with E-state index in [-0.39, 0.29) is 0 Å². The highest BCUT2D eigenvalue weighted by atomic mass is 14.5. The summed E-state index contributed by atoms with van der Waals surface area (Å²) in [4.78, 5) is 0. The Morgan fingerprint density at radius 2 is 1.19 bits per heavy atom. The van der Waals surface area contributed by atoms with E-state index in [1.165, 1.54) is 22.3 Å². The first-order valence-corrected chi connectivity index (χ1v) is 5.61. The van der Waals surface area contributed by atoms with Crippen LogP contribution in [0, 0.1) is 6.92 Å². The van der Waals surface area contributed by atoms with Crippen molar-refractivity contribution in [3.05, 3.63) is 70.8 Å². The van der Waals surface area contributed by atoms with Gasteiger partial charge in [0.2, 0.25) is 0 Å². The summed E-state index contributed by atoms with van der Waals surface area (Å²) in [6.07, 6.45) is 0.991. The first-order valence-electron chi connectivity index (χ1n) is 5.61. The van der Waals surface area contributed by atoms with Crippen LogP contribution in [-0.2, 0) is 13.0 Å². The van der Waals surface area contributed by atoms with E-state index >= 15 is 0 Å². The highest BCUT2D eigenvalue weighted by Gasteiger charge is 1.96. The zero-order valence-corrected chi connectivity index (χ0v) is 9.61. The third-order valence-corrected chi connectivity index (χ3v) is 2.79. The molecule has 2 rings (SSSR count). The van der Waals surface area contributed by atoms with E-state index in [9.17, 15) is 0 Å². The molecule has 0 atom stereocenters. The van der Waals surface area contributed by atoms with Gasteiger partial charge in [0.1, 0.15) is 0 Å². The van der Waals surface area contributed by atoms with Gasteiger partial charge in [-0.15, -0.1) is 0 Å². The van der Waals surface area contributed by atoms with Crippen molar-refractivity contribution in [3.8, 4) is 0 Å². The van der Waals surface area contributed by atoms with E-state index in [0.717, 1.165) is 6.42 Å². The minimum absolute atomic E-state index is 0.616. The van der Waals surface area contributed by atoms with Crippen LogP contribution in [0.3, 0.4) is 0 Å². The monoisotopic (exact) mass is 211 g/mol. The molecule has 2 aromatic rings. The number of aryl methyl sites for hydroxylation is 1. The van der Waals surface area contributed by atoms with Crippen molar-refractivity contribution in [1.29, 1.82) is 0 Å². The SMILES string of the molecule is Cc1ccc(Cc2ccc(CN)cc2)cc1. The standard InChI is InChI=1S/C15H17N/c1-12-2-4-13(5-3-12)10-14-6-8-15(11-16)9-7-14/h2-9H,10-11,16H2,1H3. The molecule has 0 unspecified atom stereocenters. The summed E-state index contributed by atoms with van der Waals surface area (Å²) >= 11 is 0. The van der Waals surface area contributed by atoms with Crippen LogP contribution in [0.4, 0.5) is 0 Å². The fraction of sp³-hybridized carbons (Fsp3) is 0.200. The molecule has 1 heteroatoms. The molecule has 0 fully saturated rings. The molecule has 0 bridgehead atoms. The van der Waals surface area contributed by atoms with Gasteiger partial charge in [-0.2, -0.15) is 0 Å². The largest absolute Gasteiger partial charge is 0.326 e. The van der Waals surface area contributed by atoms with E-state index in [4.69, 9.17) is 5.73 Å². The molecular formula is C15H17N. The average molecular weight is 211 g/mol. The quantitative estimate of drug-likeness (QED) is 0.829. The van der Waals surface area contributed by atoms with Gasteiger partial charge in [0.05, 0.1) is 0 Å². The summed E-state index contributed by atoms with van der Waals surface area (Å²) in [6.45, 7) is 2.73. The van der Waals surface area contributed by atoms with Gasteiger partial charge in [-0.05, 0) is 30.0 Å². The van der Waals surface area contributed by atoms with Crippen molar-refractivity contribution in [2.24, 2.45) is 5.73 Å². The van der Waals surface area contributed by atoms with Gasteiger partial charge in [0.25, 0.3) is 0 Å². The molecule has 0 aliphatic heterocycles. The van der Waals surface area contributed by atoms with Crippen molar-refractivity contribution in [1.82, 2.24) is 0 Å². The minimum Gasteiger partial charge on any atom is -0.326 e. The lowest BCUT2D eigenvalue weighted by Crippen LogP contribution is -1.96. The average Bonchev–Trinajstić information content (AvgIpc) is 2.33. The van der Waals surface area contributed by atoms with Crippen molar-refractivity contribution in [2.45, 2.75) is 19.9 Å². The molecule has 0 aliphatic carbocycles. The Kier molecular flexibility index (Phi) is 3.37. The molecule has 1 nitrogen and oxygen atoms in total. The van der Waals surface area contributed by atoms with Crippen LogP contribution >= 0.6 is 0 Å². The van der Waals surface area contributed by atoms with Crippen LogP contribution in [0.5, 0.6) is 0 Å². The predicted molar refractivity (Wildman–Crippen MR) is 68.3 cm³/mol. The normalized spacial score (nSPS) is 10.4. The van der Waals surface area contributed by atoms with Crippen molar-refractivity contribution in [3.63, 3.8) is 0 Å². The summed E-state index contributed by atoms with van der Waals surface area (Å²) in [6, 6.07) is 17.2. The molecule has 0 amide bonds. The highest BCUT2D eigenvalue weighted by Crippen LogP contribution is 2.11. The molecule has 0 saturated carbocycles. The maximum Gasteiger partial charge on any atom is 0.0178 e. The molecule has 0 saturated heterocycles. The van der Waals surface area contributed by atoms with E-state index in [1.807, 2.05) is 0 Å². The van der Waals surface area contributed by atoms with Crippen LogP contribution in [0.2, 0.25) is 0 Å². The Hall–Kier alpha value is -1.60. The zero-order valence-electron chi connectivity index (χ0n) is 9.61. The van der Waals surface area contributed by atoms with Gasteiger partial charge in [0.15, 0.2) is 0 Å². The lowest BCUT2D eigenvalue weighted by molar-refractivity contribution is 1.06. The molecular weight excluding hydrogens is 194 g/mol. The van der Waals surface area contributed by atoms with Gasteiger partial charge in [-0.3, -0.25) is 0 Å². The van der Waals surface area contributed by atoms with Gasteiger partial charge in [-0.25, -0.2) is 0 Å². The second kappa shape index (κ2) is 4.95. The first-order chi connectivity index (χ1) is 7.78. The van der Waals surface area contributed by atoms with Gasteiger partial charge in [0, 0.05) is 6.54 Å². The number of benzene rings is 2. The number of rotatable bonds is 3. The van der Waals surface area contributed by atoms with Crippen LogP contribution in [-0.4, -0.2) is 0 Å². The lowest BCUT2D eigenvalue weighted by Gasteiger charge is -2.03. The van der Waals surface area contributed by atoms with E-state index in [1.54, 1.807) is 0 Å². The number of nitrogens with two attached hydrogens (primary N) is 1. The molecule has 2 N–H and O–H groups in total. The van der Waals surface area contributed by atoms with Gasteiger partial charge in [-0.1, -0.05) is 54.1 Å². The molecule has 0 radical (unpaired) electrons. The summed E-state index contributed by atoms with van der Waals surface area (Å²) in [5, 5.41) is 0. The van der Waals surface area contributed by atoms with Gasteiger partial charge < -0.3 is 5.73 Å². The maximum absolute atomic E-state index is 5.57. The zero-order chi connectivity index (χ0) is 11.4. The fourth-order valence-electron chi connectivity index (χ4n) is 1.73. The van der Waals surface area contributed by atoms with Crippen molar-refractivity contribution >= 4 is 0 Å². The second-order valence-corrected chi connectivity index (χ2v) is 4.18. The van der Waals surface area contributed by atoms with E-state index < -0.39 is 0 Å². The Bertz CT molecular complexity index is 440.